The molecule has 0 saturated carbocycles. The minimum absolute atomic E-state index is 0.0606. The summed E-state index contributed by atoms with van der Waals surface area (Å²) in [5.74, 6) is 0.801. The third kappa shape index (κ3) is 3.71. The summed E-state index contributed by atoms with van der Waals surface area (Å²) in [6, 6.07) is 9.10. The molecule has 0 radical (unpaired) electrons. The summed E-state index contributed by atoms with van der Waals surface area (Å²) >= 11 is 7.36. The van der Waals surface area contributed by atoms with Gasteiger partial charge in [-0.2, -0.15) is 0 Å². The predicted octanol–water partition coefficient (Wildman–Crippen LogP) is 3.90. The summed E-state index contributed by atoms with van der Waals surface area (Å²) in [4.78, 5) is 23.1. The topological polar surface area (TPSA) is 55.3 Å². The molecule has 7 heteroatoms. The van der Waals surface area contributed by atoms with Crippen LogP contribution in [0.3, 0.4) is 0 Å². The second-order valence-corrected chi connectivity index (χ2v) is 7.33. The fourth-order valence-corrected chi connectivity index (χ4v) is 3.74. The number of ether oxygens (including phenoxy) is 1. The molecule has 2 aromatic heterocycles. The number of aromatic nitrogens is 2. The molecule has 5 nitrogen and oxygen atoms in total. The van der Waals surface area contributed by atoms with Crippen molar-refractivity contribution in [3.05, 3.63) is 69.4 Å². The van der Waals surface area contributed by atoms with Gasteiger partial charge in [-0.05, 0) is 42.3 Å². The highest BCUT2D eigenvalue weighted by atomic mass is 35.5. The lowest BCUT2D eigenvalue weighted by atomic mass is 10.2. The molecule has 3 heterocycles. The van der Waals surface area contributed by atoms with Gasteiger partial charge in [0.25, 0.3) is 0 Å². The van der Waals surface area contributed by atoms with Crippen molar-refractivity contribution < 1.29 is 9.53 Å². The average Bonchev–Trinajstić information content (AvgIpc) is 3.28. The zero-order valence-corrected chi connectivity index (χ0v) is 15.5. The molecule has 0 unspecified atom stereocenters. The van der Waals surface area contributed by atoms with E-state index in [0.29, 0.717) is 24.6 Å². The van der Waals surface area contributed by atoms with E-state index in [2.05, 4.69) is 9.97 Å². The lowest BCUT2D eigenvalue weighted by Crippen LogP contribution is -2.30. The van der Waals surface area contributed by atoms with E-state index < -0.39 is 0 Å². The average molecular weight is 386 g/mol. The van der Waals surface area contributed by atoms with Crippen LogP contribution >= 0.6 is 22.9 Å². The van der Waals surface area contributed by atoms with Crippen molar-refractivity contribution in [1.29, 1.82) is 0 Å². The van der Waals surface area contributed by atoms with Crippen molar-refractivity contribution in [2.75, 3.05) is 11.4 Å². The number of carbonyl (C=O) groups is 1. The molecular weight excluding hydrogens is 370 g/mol. The molecule has 1 aliphatic heterocycles. The van der Waals surface area contributed by atoms with Crippen LogP contribution in [0.2, 0.25) is 5.02 Å². The number of hydrogen-bond donors (Lipinski definition) is 0. The van der Waals surface area contributed by atoms with E-state index in [9.17, 15) is 4.79 Å². The smallest absolute Gasteiger partial charge is 0.233 e. The van der Waals surface area contributed by atoms with Crippen LogP contribution in [-0.2, 0) is 24.2 Å². The van der Waals surface area contributed by atoms with Crippen LogP contribution in [0.4, 0.5) is 5.69 Å². The quantitative estimate of drug-likeness (QED) is 0.668. The third-order valence-electron chi connectivity index (χ3n) is 4.18. The highest BCUT2D eigenvalue weighted by Crippen LogP contribution is 2.27. The number of amides is 1. The highest BCUT2D eigenvalue weighted by molar-refractivity contribution is 7.09. The van der Waals surface area contributed by atoms with Gasteiger partial charge in [-0.1, -0.05) is 11.6 Å². The van der Waals surface area contributed by atoms with Crippen LogP contribution in [0.15, 0.2) is 48.1 Å². The molecule has 4 rings (SSSR count). The Morgan fingerprint density at radius 2 is 2.12 bits per heavy atom. The van der Waals surface area contributed by atoms with Crippen LogP contribution in [0.25, 0.3) is 0 Å². The van der Waals surface area contributed by atoms with Gasteiger partial charge in [-0.3, -0.25) is 9.78 Å². The van der Waals surface area contributed by atoms with Crippen molar-refractivity contribution in [3.8, 4) is 5.75 Å². The number of pyridine rings is 1. The summed E-state index contributed by atoms with van der Waals surface area (Å²) in [5.41, 5.74) is 2.86. The SMILES string of the molecule is O=C(Cc1csc(COc2ccc(Cl)cc2)n1)N1CCc2cnccc21. The first-order chi connectivity index (χ1) is 12.7. The molecule has 0 N–H and O–H groups in total. The van der Waals surface area contributed by atoms with Gasteiger partial charge in [-0.15, -0.1) is 11.3 Å². The Kier molecular flexibility index (Phi) is 4.86. The zero-order chi connectivity index (χ0) is 17.9. The molecule has 26 heavy (non-hydrogen) atoms. The Hall–Kier alpha value is -2.44. The molecule has 0 aliphatic carbocycles. The molecule has 0 saturated heterocycles. The summed E-state index contributed by atoms with van der Waals surface area (Å²) in [7, 11) is 0. The maximum atomic E-state index is 12.6. The predicted molar refractivity (Wildman–Crippen MR) is 102 cm³/mol. The van der Waals surface area contributed by atoms with Gasteiger partial charge in [-0.25, -0.2) is 4.98 Å². The van der Waals surface area contributed by atoms with Gasteiger partial charge >= 0.3 is 0 Å². The molecule has 0 atom stereocenters. The summed E-state index contributed by atoms with van der Waals surface area (Å²) in [6.45, 7) is 1.08. The van der Waals surface area contributed by atoms with Crippen LogP contribution in [0.5, 0.6) is 5.75 Å². The molecule has 0 bridgehead atoms. The minimum Gasteiger partial charge on any atom is -0.486 e. The molecule has 3 aromatic rings. The first kappa shape index (κ1) is 17.0. The lowest BCUT2D eigenvalue weighted by Gasteiger charge is -2.16. The maximum Gasteiger partial charge on any atom is 0.233 e. The number of hydrogen-bond acceptors (Lipinski definition) is 5. The number of rotatable bonds is 5. The highest BCUT2D eigenvalue weighted by Gasteiger charge is 2.25. The van der Waals surface area contributed by atoms with Crippen LogP contribution < -0.4 is 9.64 Å². The van der Waals surface area contributed by atoms with Gasteiger partial charge in [0.2, 0.25) is 5.91 Å². The van der Waals surface area contributed by atoms with Gasteiger partial charge in [0.15, 0.2) is 0 Å². The van der Waals surface area contributed by atoms with Gasteiger partial charge < -0.3 is 9.64 Å². The van der Waals surface area contributed by atoms with E-state index in [4.69, 9.17) is 16.3 Å². The van der Waals surface area contributed by atoms with Gasteiger partial charge in [0.05, 0.1) is 12.1 Å². The Morgan fingerprint density at radius 3 is 2.96 bits per heavy atom. The Balaban J connectivity index is 1.36. The summed E-state index contributed by atoms with van der Waals surface area (Å²) in [5, 5.41) is 3.43. The largest absolute Gasteiger partial charge is 0.486 e. The van der Waals surface area contributed by atoms with E-state index in [1.807, 2.05) is 34.7 Å². The van der Waals surface area contributed by atoms with Crippen LogP contribution in [0, 0.1) is 0 Å². The second-order valence-electron chi connectivity index (χ2n) is 5.95. The fraction of sp³-hybridized carbons (Fsp3) is 0.211. The van der Waals surface area contributed by atoms with E-state index in [1.165, 1.54) is 11.3 Å². The van der Waals surface area contributed by atoms with Gasteiger partial charge in [0, 0.05) is 35.0 Å². The van der Waals surface area contributed by atoms with Crippen LogP contribution in [0.1, 0.15) is 16.3 Å². The number of carbonyl (C=O) groups excluding carboxylic acids is 1. The number of fused-ring (bicyclic) bond motifs is 1. The zero-order valence-electron chi connectivity index (χ0n) is 13.9. The molecule has 0 fully saturated rings. The Labute approximate surface area is 160 Å². The first-order valence-electron chi connectivity index (χ1n) is 8.24. The Morgan fingerprint density at radius 1 is 1.27 bits per heavy atom. The molecule has 1 aromatic carbocycles. The van der Waals surface area contributed by atoms with E-state index >= 15 is 0 Å². The van der Waals surface area contributed by atoms with E-state index in [-0.39, 0.29) is 5.91 Å². The maximum absolute atomic E-state index is 12.6. The van der Waals surface area contributed by atoms with Crippen molar-refractivity contribution in [1.82, 2.24) is 9.97 Å². The van der Waals surface area contributed by atoms with Crippen molar-refractivity contribution in [2.45, 2.75) is 19.4 Å². The van der Waals surface area contributed by atoms with Crippen LogP contribution in [-0.4, -0.2) is 22.4 Å². The third-order valence-corrected chi connectivity index (χ3v) is 5.31. The monoisotopic (exact) mass is 385 g/mol. The molecular formula is C19H16ClN3O2S. The number of nitrogens with zero attached hydrogens (tertiary/aromatic N) is 3. The molecule has 1 aliphatic rings. The second kappa shape index (κ2) is 7.43. The van der Waals surface area contributed by atoms with Crippen molar-refractivity contribution in [2.24, 2.45) is 0 Å². The number of thiazole rings is 1. The summed E-state index contributed by atoms with van der Waals surface area (Å²) < 4.78 is 5.70. The van der Waals surface area contributed by atoms with Gasteiger partial charge in [0.1, 0.15) is 17.4 Å². The number of anilines is 1. The molecule has 132 valence electrons. The lowest BCUT2D eigenvalue weighted by molar-refractivity contribution is -0.117. The fourth-order valence-electron chi connectivity index (χ4n) is 2.91. The number of halogens is 1. The standard InChI is InChI=1S/C19H16ClN3O2S/c20-14-1-3-16(4-2-14)25-11-18-22-15(12-26-18)9-19(24)23-8-6-13-10-21-7-5-17(13)23/h1-5,7,10,12H,6,8-9,11H2. The van der Waals surface area contributed by atoms with E-state index in [1.54, 1.807) is 18.3 Å². The minimum atomic E-state index is 0.0606. The van der Waals surface area contributed by atoms with Crippen molar-refractivity contribution in [3.63, 3.8) is 0 Å². The Bertz CT molecular complexity index is 927. The number of benzene rings is 1. The summed E-state index contributed by atoms with van der Waals surface area (Å²) in [6.07, 6.45) is 4.70. The van der Waals surface area contributed by atoms with Crippen molar-refractivity contribution >= 4 is 34.5 Å². The molecule has 1 amide bonds. The van der Waals surface area contributed by atoms with E-state index in [0.717, 1.165) is 34.1 Å². The first-order valence-corrected chi connectivity index (χ1v) is 9.50. The normalized spacial score (nSPS) is 12.9. The molecule has 0 spiro atoms.